The summed E-state index contributed by atoms with van der Waals surface area (Å²) in [5, 5.41) is 5.13. The minimum atomic E-state index is -0.664. The van der Waals surface area contributed by atoms with E-state index in [0.29, 0.717) is 11.4 Å². The molecule has 0 bridgehead atoms. The Morgan fingerprint density at radius 3 is 2.52 bits per heavy atom. The zero-order valence-corrected chi connectivity index (χ0v) is 11.8. The van der Waals surface area contributed by atoms with Crippen LogP contribution in [0.4, 0.5) is 10.1 Å². The van der Waals surface area contributed by atoms with Crippen molar-refractivity contribution in [2.75, 3.05) is 5.32 Å². The van der Waals surface area contributed by atoms with E-state index in [2.05, 4.69) is 10.6 Å². The third-order valence-corrected chi connectivity index (χ3v) is 2.91. The number of hydrogen-bond donors (Lipinski definition) is 2. The zero-order chi connectivity index (χ0) is 15.4. The molecule has 0 aliphatic carbocycles. The lowest BCUT2D eigenvalue weighted by Gasteiger charge is -2.14. The number of amides is 2. The van der Waals surface area contributed by atoms with Gasteiger partial charge in [0.25, 0.3) is 0 Å². The average Bonchev–Trinajstić information content (AvgIpc) is 2.94. The molecule has 0 radical (unpaired) electrons. The Morgan fingerprint density at radius 2 is 1.90 bits per heavy atom. The highest BCUT2D eigenvalue weighted by atomic mass is 19.1. The van der Waals surface area contributed by atoms with E-state index >= 15 is 0 Å². The topological polar surface area (TPSA) is 63.1 Å². The molecule has 0 unspecified atom stereocenters. The molecule has 2 aromatic rings. The number of carbonyl (C=O) groups is 2. The van der Waals surface area contributed by atoms with Crippen molar-refractivity contribution in [3.63, 3.8) is 0 Å². The van der Waals surface area contributed by atoms with E-state index in [0.717, 1.165) is 0 Å². The van der Waals surface area contributed by atoms with E-state index < -0.39 is 6.04 Å². The average molecular weight is 289 g/mol. The Kier molecular flexibility index (Phi) is 4.37. The van der Waals surface area contributed by atoms with E-state index in [-0.39, 0.29) is 17.6 Å². The lowest BCUT2D eigenvalue weighted by molar-refractivity contribution is -0.124. The second-order valence-corrected chi connectivity index (χ2v) is 4.67. The van der Waals surface area contributed by atoms with Gasteiger partial charge in [-0.05, 0) is 37.3 Å². The Hall–Kier alpha value is -2.63. The predicted molar refractivity (Wildman–Crippen MR) is 77.6 cm³/mol. The fourth-order valence-corrected chi connectivity index (χ4v) is 1.90. The molecule has 21 heavy (non-hydrogen) atoms. The normalized spacial score (nSPS) is 11.8. The predicted octanol–water partition coefficient (Wildman–Crippen LogP) is 2.08. The SMILES string of the molecule is CC(=O)N[C@H](C)C(=O)Nc1ccc(F)c(-n2cccc2)c1. The van der Waals surface area contributed by atoms with E-state index in [1.165, 1.54) is 25.1 Å². The van der Waals surface area contributed by atoms with Crippen LogP contribution in [0.2, 0.25) is 0 Å². The summed E-state index contributed by atoms with van der Waals surface area (Å²) < 4.78 is 15.4. The second-order valence-electron chi connectivity index (χ2n) is 4.67. The number of carbonyl (C=O) groups excluding carboxylic acids is 2. The molecule has 6 heteroatoms. The van der Waals surface area contributed by atoms with Crippen LogP contribution in [-0.2, 0) is 9.59 Å². The number of anilines is 1. The summed E-state index contributed by atoms with van der Waals surface area (Å²) in [7, 11) is 0. The lowest BCUT2D eigenvalue weighted by Crippen LogP contribution is -2.40. The first-order chi connectivity index (χ1) is 9.97. The van der Waals surface area contributed by atoms with Crippen molar-refractivity contribution in [3.8, 4) is 5.69 Å². The molecule has 1 atom stereocenters. The molecule has 0 saturated carbocycles. The molecule has 0 aliphatic rings. The summed E-state index contributed by atoms with van der Waals surface area (Å²) >= 11 is 0. The monoisotopic (exact) mass is 289 g/mol. The van der Waals surface area contributed by atoms with Crippen LogP contribution in [0.15, 0.2) is 42.7 Å². The summed E-state index contributed by atoms with van der Waals surface area (Å²) in [6, 6.07) is 7.19. The van der Waals surface area contributed by atoms with E-state index in [4.69, 9.17) is 0 Å². The maximum Gasteiger partial charge on any atom is 0.246 e. The molecule has 0 saturated heterocycles. The number of benzene rings is 1. The van der Waals surface area contributed by atoms with Crippen LogP contribution in [0.1, 0.15) is 13.8 Å². The molecule has 0 spiro atoms. The highest BCUT2D eigenvalue weighted by Crippen LogP contribution is 2.19. The van der Waals surface area contributed by atoms with Gasteiger partial charge in [-0.1, -0.05) is 0 Å². The molecule has 2 N–H and O–H groups in total. The van der Waals surface area contributed by atoms with Crippen molar-refractivity contribution in [2.45, 2.75) is 19.9 Å². The number of nitrogens with zero attached hydrogens (tertiary/aromatic N) is 1. The Balaban J connectivity index is 2.16. The second kappa shape index (κ2) is 6.21. The molecule has 0 aliphatic heterocycles. The van der Waals surface area contributed by atoms with Gasteiger partial charge in [0.2, 0.25) is 11.8 Å². The van der Waals surface area contributed by atoms with Gasteiger partial charge in [0.15, 0.2) is 0 Å². The van der Waals surface area contributed by atoms with Crippen LogP contribution in [0.25, 0.3) is 5.69 Å². The van der Waals surface area contributed by atoms with Crippen molar-refractivity contribution in [1.82, 2.24) is 9.88 Å². The van der Waals surface area contributed by atoms with Gasteiger partial charge in [0, 0.05) is 25.0 Å². The minimum absolute atomic E-state index is 0.287. The van der Waals surface area contributed by atoms with Crippen molar-refractivity contribution >= 4 is 17.5 Å². The molecule has 1 aromatic carbocycles. The van der Waals surface area contributed by atoms with Crippen molar-refractivity contribution in [1.29, 1.82) is 0 Å². The molecular weight excluding hydrogens is 273 g/mol. The summed E-state index contributed by atoms with van der Waals surface area (Å²) in [5.41, 5.74) is 0.798. The highest BCUT2D eigenvalue weighted by molar-refractivity contribution is 5.96. The molecule has 2 amide bonds. The van der Waals surface area contributed by atoms with Gasteiger partial charge in [0.05, 0.1) is 5.69 Å². The number of rotatable bonds is 4. The van der Waals surface area contributed by atoms with Gasteiger partial charge in [-0.15, -0.1) is 0 Å². The van der Waals surface area contributed by atoms with Gasteiger partial charge < -0.3 is 15.2 Å². The van der Waals surface area contributed by atoms with Gasteiger partial charge in [-0.3, -0.25) is 9.59 Å². The van der Waals surface area contributed by atoms with E-state index in [1.807, 2.05) is 0 Å². The molecule has 5 nitrogen and oxygen atoms in total. The van der Waals surface area contributed by atoms with Crippen LogP contribution in [0, 0.1) is 5.82 Å². The molecular formula is C15H16FN3O2. The van der Waals surface area contributed by atoms with Crippen molar-refractivity contribution < 1.29 is 14.0 Å². The van der Waals surface area contributed by atoms with Gasteiger partial charge in [-0.25, -0.2) is 4.39 Å². The van der Waals surface area contributed by atoms with Gasteiger partial charge in [0.1, 0.15) is 11.9 Å². The first-order valence-electron chi connectivity index (χ1n) is 6.48. The zero-order valence-electron chi connectivity index (χ0n) is 11.8. The minimum Gasteiger partial charge on any atom is -0.345 e. The smallest absolute Gasteiger partial charge is 0.246 e. The maximum absolute atomic E-state index is 13.8. The largest absolute Gasteiger partial charge is 0.345 e. The van der Waals surface area contributed by atoms with Crippen molar-refractivity contribution in [3.05, 3.63) is 48.5 Å². The van der Waals surface area contributed by atoms with Crippen LogP contribution in [0.3, 0.4) is 0 Å². The molecule has 1 aromatic heterocycles. The summed E-state index contributed by atoms with van der Waals surface area (Å²) in [4.78, 5) is 22.8. The Labute approximate surface area is 121 Å². The third-order valence-electron chi connectivity index (χ3n) is 2.91. The quantitative estimate of drug-likeness (QED) is 0.905. The molecule has 1 heterocycles. The number of halogens is 1. The van der Waals surface area contributed by atoms with Crippen LogP contribution in [-0.4, -0.2) is 22.4 Å². The molecule has 110 valence electrons. The van der Waals surface area contributed by atoms with Crippen LogP contribution in [0.5, 0.6) is 0 Å². The number of nitrogens with one attached hydrogen (secondary N) is 2. The fourth-order valence-electron chi connectivity index (χ4n) is 1.90. The standard InChI is InChI=1S/C15H16FN3O2/c1-10(17-11(2)20)15(21)18-12-5-6-13(16)14(9-12)19-7-3-4-8-19/h3-10H,1-2H3,(H,17,20)(H,18,21)/t10-/m1/s1. The lowest BCUT2D eigenvalue weighted by atomic mass is 10.2. The van der Waals surface area contributed by atoms with Crippen molar-refractivity contribution in [2.24, 2.45) is 0 Å². The molecule has 0 fully saturated rings. The summed E-state index contributed by atoms with van der Waals surface area (Å²) in [5.74, 6) is -1.04. The highest BCUT2D eigenvalue weighted by Gasteiger charge is 2.14. The Morgan fingerprint density at radius 1 is 1.24 bits per heavy atom. The Bertz CT molecular complexity index is 653. The fraction of sp³-hybridized carbons (Fsp3) is 0.200. The van der Waals surface area contributed by atoms with Gasteiger partial charge in [-0.2, -0.15) is 0 Å². The first kappa shape index (κ1) is 14.8. The summed E-state index contributed by atoms with van der Waals surface area (Å²) in [6.07, 6.45) is 3.42. The maximum atomic E-state index is 13.8. The van der Waals surface area contributed by atoms with Gasteiger partial charge >= 0.3 is 0 Å². The van der Waals surface area contributed by atoms with E-state index in [1.54, 1.807) is 36.0 Å². The van der Waals surface area contributed by atoms with Crippen LogP contribution >= 0.6 is 0 Å². The number of hydrogen-bond acceptors (Lipinski definition) is 2. The van der Waals surface area contributed by atoms with E-state index in [9.17, 15) is 14.0 Å². The first-order valence-corrected chi connectivity index (χ1v) is 6.48. The molecule has 2 rings (SSSR count). The summed E-state index contributed by atoms with van der Waals surface area (Å²) in [6.45, 7) is 2.92. The number of aromatic nitrogens is 1. The van der Waals surface area contributed by atoms with Crippen LogP contribution < -0.4 is 10.6 Å². The third kappa shape index (κ3) is 3.68.